The van der Waals surface area contributed by atoms with Crippen LogP contribution in [0, 0.1) is 0 Å². The van der Waals surface area contributed by atoms with E-state index >= 15 is 0 Å². The first-order valence-electron chi connectivity index (χ1n) is 5.10. The Hall–Kier alpha value is -1.47. The highest BCUT2D eigenvalue weighted by atomic mass is 32.1. The summed E-state index contributed by atoms with van der Waals surface area (Å²) in [5.41, 5.74) is 5.79. The first-order valence-corrected chi connectivity index (χ1v) is 5.98. The van der Waals surface area contributed by atoms with Gasteiger partial charge in [-0.2, -0.15) is 0 Å². The second-order valence-corrected chi connectivity index (χ2v) is 4.77. The number of amides is 1. The Morgan fingerprint density at radius 2 is 2.24 bits per heavy atom. The summed E-state index contributed by atoms with van der Waals surface area (Å²) in [4.78, 5) is 27.4. The molecule has 0 aliphatic carbocycles. The summed E-state index contributed by atoms with van der Waals surface area (Å²) in [6.07, 6.45) is 0. The highest BCUT2D eigenvalue weighted by Gasteiger charge is 2.16. The summed E-state index contributed by atoms with van der Waals surface area (Å²) in [6.45, 7) is 4.43. The number of nitrogens with zero attached hydrogens (tertiary/aromatic N) is 2. The van der Waals surface area contributed by atoms with Crippen molar-refractivity contribution in [3.05, 3.63) is 16.1 Å². The predicted octanol–water partition coefficient (Wildman–Crippen LogP) is 0.537. The molecule has 0 saturated heterocycles. The van der Waals surface area contributed by atoms with E-state index in [1.807, 2.05) is 18.7 Å². The fraction of sp³-hybridized carbons (Fsp3) is 0.500. The van der Waals surface area contributed by atoms with Crippen molar-refractivity contribution in [3.63, 3.8) is 0 Å². The van der Waals surface area contributed by atoms with Crippen molar-refractivity contribution >= 4 is 23.2 Å². The number of hydrogen-bond acceptors (Lipinski definition) is 5. The molecule has 3 N–H and O–H groups in total. The molecule has 0 aromatic carbocycles. The third-order valence-corrected chi connectivity index (χ3v) is 3.07. The van der Waals surface area contributed by atoms with Crippen LogP contribution < -0.4 is 5.73 Å². The number of carbonyl (C=O) groups is 2. The van der Waals surface area contributed by atoms with Crippen molar-refractivity contribution in [2.75, 3.05) is 6.54 Å². The topological polar surface area (TPSA) is 96.5 Å². The SMILES string of the molecule is CC(C)N(CC(N)=O)Cc1csc(C(=O)O)n1. The van der Waals surface area contributed by atoms with Gasteiger partial charge in [-0.05, 0) is 13.8 Å². The number of rotatable bonds is 6. The van der Waals surface area contributed by atoms with Crippen molar-refractivity contribution in [3.8, 4) is 0 Å². The minimum absolute atomic E-state index is 0.0581. The lowest BCUT2D eigenvalue weighted by atomic mass is 10.3. The van der Waals surface area contributed by atoms with Crippen molar-refractivity contribution in [1.29, 1.82) is 0 Å². The van der Waals surface area contributed by atoms with E-state index < -0.39 is 11.9 Å². The van der Waals surface area contributed by atoms with Gasteiger partial charge in [0, 0.05) is 18.0 Å². The van der Waals surface area contributed by atoms with Gasteiger partial charge in [0.1, 0.15) is 0 Å². The number of aromatic carboxylic acids is 1. The monoisotopic (exact) mass is 257 g/mol. The van der Waals surface area contributed by atoms with Crippen LogP contribution in [0.4, 0.5) is 0 Å². The number of carboxylic acid groups (broad SMARTS) is 1. The molecule has 17 heavy (non-hydrogen) atoms. The number of carboxylic acids is 1. The van der Waals surface area contributed by atoms with Crippen LogP contribution in [0.15, 0.2) is 5.38 Å². The quantitative estimate of drug-likeness (QED) is 0.775. The molecule has 0 fully saturated rings. The Morgan fingerprint density at radius 1 is 1.59 bits per heavy atom. The number of carbonyl (C=O) groups excluding carboxylic acids is 1. The third-order valence-electron chi connectivity index (χ3n) is 2.19. The number of nitrogens with two attached hydrogens (primary N) is 1. The van der Waals surface area contributed by atoms with Crippen molar-refractivity contribution in [2.45, 2.75) is 26.4 Å². The molecule has 6 nitrogen and oxygen atoms in total. The molecule has 0 aliphatic heterocycles. The average Bonchev–Trinajstić information content (AvgIpc) is 2.64. The lowest BCUT2D eigenvalue weighted by Crippen LogP contribution is -2.38. The lowest BCUT2D eigenvalue weighted by Gasteiger charge is -2.23. The summed E-state index contributed by atoms with van der Waals surface area (Å²) >= 11 is 1.08. The van der Waals surface area contributed by atoms with E-state index in [9.17, 15) is 9.59 Å². The van der Waals surface area contributed by atoms with Gasteiger partial charge in [0.15, 0.2) is 0 Å². The van der Waals surface area contributed by atoms with Crippen LogP contribution >= 0.6 is 11.3 Å². The zero-order chi connectivity index (χ0) is 13.0. The fourth-order valence-corrected chi connectivity index (χ4v) is 1.95. The maximum absolute atomic E-state index is 10.9. The molecule has 0 unspecified atom stereocenters. The smallest absolute Gasteiger partial charge is 0.365 e. The number of hydrogen-bond donors (Lipinski definition) is 2. The van der Waals surface area contributed by atoms with Crippen LogP contribution in [0.3, 0.4) is 0 Å². The van der Waals surface area contributed by atoms with Crippen LogP contribution in [-0.4, -0.2) is 39.5 Å². The largest absolute Gasteiger partial charge is 0.476 e. The zero-order valence-corrected chi connectivity index (χ0v) is 10.5. The Morgan fingerprint density at radius 3 is 2.65 bits per heavy atom. The van der Waals surface area contributed by atoms with Gasteiger partial charge in [0.25, 0.3) is 0 Å². The molecule has 94 valence electrons. The van der Waals surface area contributed by atoms with Gasteiger partial charge < -0.3 is 10.8 Å². The van der Waals surface area contributed by atoms with Crippen LogP contribution in [0.1, 0.15) is 29.3 Å². The molecule has 0 aliphatic rings. The van der Waals surface area contributed by atoms with Gasteiger partial charge in [-0.1, -0.05) is 0 Å². The van der Waals surface area contributed by atoms with E-state index in [2.05, 4.69) is 4.98 Å². The van der Waals surface area contributed by atoms with E-state index in [4.69, 9.17) is 10.8 Å². The van der Waals surface area contributed by atoms with Crippen LogP contribution in [-0.2, 0) is 11.3 Å². The molecule has 1 heterocycles. The third kappa shape index (κ3) is 4.12. The summed E-state index contributed by atoms with van der Waals surface area (Å²) in [5.74, 6) is -1.44. The normalized spacial score (nSPS) is 11.1. The molecule has 1 aromatic rings. The molecule has 1 amide bonds. The number of thiazole rings is 1. The molecule has 0 atom stereocenters. The van der Waals surface area contributed by atoms with Crippen LogP contribution in [0.25, 0.3) is 0 Å². The first-order chi connectivity index (χ1) is 7.90. The highest BCUT2D eigenvalue weighted by molar-refractivity contribution is 7.11. The van der Waals surface area contributed by atoms with E-state index in [1.54, 1.807) is 5.38 Å². The molecule has 0 bridgehead atoms. The molecular formula is C10H15N3O3S. The van der Waals surface area contributed by atoms with Gasteiger partial charge in [-0.25, -0.2) is 9.78 Å². The highest BCUT2D eigenvalue weighted by Crippen LogP contribution is 2.13. The molecule has 0 spiro atoms. The first kappa shape index (κ1) is 13.6. The Balaban J connectivity index is 2.71. The maximum Gasteiger partial charge on any atom is 0.365 e. The minimum atomic E-state index is -1.03. The summed E-state index contributed by atoms with van der Waals surface area (Å²) < 4.78 is 0. The van der Waals surface area contributed by atoms with Gasteiger partial charge in [-0.15, -0.1) is 11.3 Å². The summed E-state index contributed by atoms with van der Waals surface area (Å²) in [7, 11) is 0. The Bertz CT molecular complexity index is 417. The zero-order valence-electron chi connectivity index (χ0n) is 9.71. The van der Waals surface area contributed by atoms with Gasteiger partial charge >= 0.3 is 5.97 Å². The standard InChI is InChI=1S/C10H15N3O3S/c1-6(2)13(4-8(11)14)3-7-5-17-9(12-7)10(15)16/h5-6H,3-4H2,1-2H3,(H2,11,14)(H,15,16). The van der Waals surface area contributed by atoms with Gasteiger partial charge in [-0.3, -0.25) is 9.69 Å². The lowest BCUT2D eigenvalue weighted by molar-refractivity contribution is -0.119. The van der Waals surface area contributed by atoms with E-state index in [-0.39, 0.29) is 17.6 Å². The Labute approximate surface area is 103 Å². The second-order valence-electron chi connectivity index (χ2n) is 3.91. The van der Waals surface area contributed by atoms with Crippen LogP contribution in [0.5, 0.6) is 0 Å². The van der Waals surface area contributed by atoms with Crippen molar-refractivity contribution in [1.82, 2.24) is 9.88 Å². The van der Waals surface area contributed by atoms with Gasteiger partial charge in [0.2, 0.25) is 10.9 Å². The second kappa shape index (κ2) is 5.74. The predicted molar refractivity (Wildman–Crippen MR) is 63.8 cm³/mol. The maximum atomic E-state index is 10.9. The molecule has 0 radical (unpaired) electrons. The molecule has 0 saturated carbocycles. The molecule has 7 heteroatoms. The van der Waals surface area contributed by atoms with E-state index in [1.165, 1.54) is 0 Å². The van der Waals surface area contributed by atoms with Gasteiger partial charge in [0.05, 0.1) is 12.2 Å². The molecular weight excluding hydrogens is 242 g/mol. The number of aromatic nitrogens is 1. The Kier molecular flexibility index (Phi) is 4.59. The number of primary amides is 1. The average molecular weight is 257 g/mol. The molecule has 1 rings (SSSR count). The summed E-state index contributed by atoms with van der Waals surface area (Å²) in [5, 5.41) is 10.5. The van der Waals surface area contributed by atoms with E-state index in [0.717, 1.165) is 11.3 Å². The van der Waals surface area contributed by atoms with E-state index in [0.29, 0.717) is 12.2 Å². The molecule has 1 aromatic heterocycles. The fourth-order valence-electron chi connectivity index (χ4n) is 1.31. The van der Waals surface area contributed by atoms with Crippen molar-refractivity contribution in [2.24, 2.45) is 5.73 Å². The minimum Gasteiger partial charge on any atom is -0.476 e. The van der Waals surface area contributed by atoms with Crippen LogP contribution in [0.2, 0.25) is 0 Å². The summed E-state index contributed by atoms with van der Waals surface area (Å²) in [6, 6.07) is 0.137. The van der Waals surface area contributed by atoms with Crippen molar-refractivity contribution < 1.29 is 14.7 Å².